The van der Waals surface area contributed by atoms with Gasteiger partial charge in [0.05, 0.1) is 31.6 Å². The minimum absolute atomic E-state index is 0.00852. The number of nitrogens with zero attached hydrogens (tertiary/aromatic N) is 3. The van der Waals surface area contributed by atoms with Crippen LogP contribution in [-0.4, -0.2) is 53.5 Å². The molecule has 1 aromatic heterocycles. The summed E-state index contributed by atoms with van der Waals surface area (Å²) in [5.74, 6) is 0.883. The average molecular weight is 357 g/mol. The van der Waals surface area contributed by atoms with E-state index in [0.717, 1.165) is 36.4 Å². The quantitative estimate of drug-likeness (QED) is 0.798. The summed E-state index contributed by atoms with van der Waals surface area (Å²) in [5, 5.41) is 4.35. The van der Waals surface area contributed by atoms with Gasteiger partial charge in [-0.2, -0.15) is 5.10 Å². The Balaban J connectivity index is 1.67. The third-order valence-corrected chi connectivity index (χ3v) is 4.79. The molecular formula is C20H27N3O3. The van der Waals surface area contributed by atoms with Crippen molar-refractivity contribution >= 4 is 5.91 Å². The van der Waals surface area contributed by atoms with E-state index in [1.165, 1.54) is 0 Å². The minimum Gasteiger partial charge on any atom is -0.497 e. The number of carbonyl (C=O) groups excluding carboxylic acids is 1. The van der Waals surface area contributed by atoms with E-state index in [-0.39, 0.29) is 12.0 Å². The Labute approximate surface area is 154 Å². The van der Waals surface area contributed by atoms with Crippen LogP contribution in [0.15, 0.2) is 30.5 Å². The van der Waals surface area contributed by atoms with E-state index in [4.69, 9.17) is 9.47 Å². The molecule has 0 saturated carbocycles. The number of hydrogen-bond donors (Lipinski definition) is 0. The second-order valence-corrected chi connectivity index (χ2v) is 6.67. The first kappa shape index (κ1) is 18.5. The van der Waals surface area contributed by atoms with Crippen molar-refractivity contribution in [3.63, 3.8) is 0 Å². The second kappa shape index (κ2) is 8.36. The molecule has 6 heteroatoms. The number of carbonyl (C=O) groups is 1. The summed E-state index contributed by atoms with van der Waals surface area (Å²) in [6.07, 6.45) is 3.44. The average Bonchev–Trinajstić information content (AvgIpc) is 3.02. The first-order chi connectivity index (χ1) is 12.6. The number of methoxy groups -OCH3 is 1. The highest BCUT2D eigenvalue weighted by Gasteiger charge is 2.27. The Kier molecular flexibility index (Phi) is 5.93. The van der Waals surface area contributed by atoms with Crippen LogP contribution in [0.3, 0.4) is 0 Å². The molecule has 1 aliphatic heterocycles. The summed E-state index contributed by atoms with van der Waals surface area (Å²) in [5.41, 5.74) is 2.78. The monoisotopic (exact) mass is 357 g/mol. The Morgan fingerprint density at radius 3 is 3.04 bits per heavy atom. The van der Waals surface area contributed by atoms with Crippen LogP contribution in [-0.2, 0) is 17.7 Å². The Hall–Kier alpha value is -2.34. The van der Waals surface area contributed by atoms with Crippen LogP contribution in [0.4, 0.5) is 0 Å². The molecule has 140 valence electrons. The molecule has 1 atom stereocenters. The molecule has 26 heavy (non-hydrogen) atoms. The highest BCUT2D eigenvalue weighted by molar-refractivity contribution is 5.95. The number of benzene rings is 1. The third kappa shape index (κ3) is 4.07. The molecule has 1 fully saturated rings. The number of rotatable bonds is 6. The lowest BCUT2D eigenvalue weighted by Gasteiger charge is -2.33. The van der Waals surface area contributed by atoms with Crippen molar-refractivity contribution in [2.24, 2.45) is 0 Å². The number of aromatic nitrogens is 2. The van der Waals surface area contributed by atoms with Crippen molar-refractivity contribution in [2.75, 3.05) is 26.8 Å². The van der Waals surface area contributed by atoms with Crippen molar-refractivity contribution < 1.29 is 14.3 Å². The largest absolute Gasteiger partial charge is 0.497 e. The van der Waals surface area contributed by atoms with E-state index in [0.29, 0.717) is 25.3 Å². The Morgan fingerprint density at radius 1 is 1.42 bits per heavy atom. The van der Waals surface area contributed by atoms with Gasteiger partial charge in [0, 0.05) is 31.7 Å². The molecule has 2 heterocycles. The molecule has 0 radical (unpaired) electrons. The highest BCUT2D eigenvalue weighted by Crippen LogP contribution is 2.19. The SMILES string of the molecule is CCCn1ncc(C(=O)N2CCO[C@@H](Cc3cccc(OC)c3)C2)c1C. The normalized spacial score (nSPS) is 17.3. The Morgan fingerprint density at radius 2 is 2.27 bits per heavy atom. The summed E-state index contributed by atoms with van der Waals surface area (Å²) in [4.78, 5) is 14.8. The first-order valence-electron chi connectivity index (χ1n) is 9.18. The van der Waals surface area contributed by atoms with Gasteiger partial charge in [0.15, 0.2) is 0 Å². The molecule has 1 saturated heterocycles. The Bertz CT molecular complexity index is 757. The van der Waals surface area contributed by atoms with Gasteiger partial charge >= 0.3 is 0 Å². The van der Waals surface area contributed by atoms with Crippen LogP contribution in [0.1, 0.15) is 35.0 Å². The molecule has 1 aromatic carbocycles. The first-order valence-corrected chi connectivity index (χ1v) is 9.18. The van der Waals surface area contributed by atoms with E-state index in [9.17, 15) is 4.79 Å². The van der Waals surface area contributed by atoms with Crippen LogP contribution in [0.5, 0.6) is 5.75 Å². The molecule has 0 aliphatic carbocycles. The highest BCUT2D eigenvalue weighted by atomic mass is 16.5. The zero-order valence-corrected chi connectivity index (χ0v) is 15.8. The van der Waals surface area contributed by atoms with Crippen LogP contribution in [0, 0.1) is 6.92 Å². The molecule has 6 nitrogen and oxygen atoms in total. The zero-order chi connectivity index (χ0) is 18.5. The van der Waals surface area contributed by atoms with Gasteiger partial charge in [-0.05, 0) is 31.0 Å². The lowest BCUT2D eigenvalue weighted by molar-refractivity contribution is -0.0208. The zero-order valence-electron chi connectivity index (χ0n) is 15.8. The van der Waals surface area contributed by atoms with E-state index >= 15 is 0 Å². The van der Waals surface area contributed by atoms with Crippen molar-refractivity contribution in [3.8, 4) is 5.75 Å². The smallest absolute Gasteiger partial charge is 0.257 e. The lowest BCUT2D eigenvalue weighted by Crippen LogP contribution is -2.46. The minimum atomic E-state index is -0.00852. The molecule has 0 unspecified atom stereocenters. The molecule has 1 amide bonds. The predicted molar refractivity (Wildman–Crippen MR) is 99.6 cm³/mol. The van der Waals surface area contributed by atoms with Crippen molar-refractivity contribution in [1.82, 2.24) is 14.7 Å². The molecular weight excluding hydrogens is 330 g/mol. The fourth-order valence-electron chi connectivity index (χ4n) is 3.35. The third-order valence-electron chi connectivity index (χ3n) is 4.79. The van der Waals surface area contributed by atoms with Crippen LogP contribution in [0.2, 0.25) is 0 Å². The van der Waals surface area contributed by atoms with Gasteiger partial charge in [-0.25, -0.2) is 0 Å². The van der Waals surface area contributed by atoms with Gasteiger partial charge in [0.2, 0.25) is 0 Å². The second-order valence-electron chi connectivity index (χ2n) is 6.67. The molecule has 1 aliphatic rings. The molecule has 0 N–H and O–H groups in total. The number of hydrogen-bond acceptors (Lipinski definition) is 4. The van der Waals surface area contributed by atoms with E-state index < -0.39 is 0 Å². The summed E-state index contributed by atoms with van der Waals surface area (Å²) >= 11 is 0. The van der Waals surface area contributed by atoms with Crippen LogP contribution in [0.25, 0.3) is 0 Å². The molecule has 0 spiro atoms. The van der Waals surface area contributed by atoms with Crippen molar-refractivity contribution in [1.29, 1.82) is 0 Å². The van der Waals surface area contributed by atoms with Crippen LogP contribution < -0.4 is 4.74 Å². The number of amides is 1. The van der Waals surface area contributed by atoms with E-state index in [1.54, 1.807) is 13.3 Å². The number of aryl methyl sites for hydroxylation is 1. The maximum Gasteiger partial charge on any atom is 0.257 e. The van der Waals surface area contributed by atoms with Gasteiger partial charge in [0.25, 0.3) is 5.91 Å². The van der Waals surface area contributed by atoms with E-state index in [1.807, 2.05) is 34.7 Å². The van der Waals surface area contributed by atoms with Gasteiger partial charge in [-0.3, -0.25) is 9.48 Å². The van der Waals surface area contributed by atoms with Gasteiger partial charge in [0.1, 0.15) is 5.75 Å². The molecule has 3 rings (SSSR count). The standard InChI is InChI=1S/C20H27N3O3/c1-4-8-23-15(2)19(13-21-23)20(24)22-9-10-26-18(14-22)12-16-6-5-7-17(11-16)25-3/h5-7,11,13,18H,4,8-10,12,14H2,1-3H3/t18-/m0/s1. The summed E-state index contributed by atoms with van der Waals surface area (Å²) in [7, 11) is 1.66. The maximum absolute atomic E-state index is 12.9. The van der Waals surface area contributed by atoms with Gasteiger partial charge in [-0.1, -0.05) is 19.1 Å². The van der Waals surface area contributed by atoms with Gasteiger partial charge < -0.3 is 14.4 Å². The summed E-state index contributed by atoms with van der Waals surface area (Å²) in [6, 6.07) is 7.98. The van der Waals surface area contributed by atoms with E-state index in [2.05, 4.69) is 18.1 Å². The van der Waals surface area contributed by atoms with Crippen LogP contribution >= 0.6 is 0 Å². The summed E-state index contributed by atoms with van der Waals surface area (Å²) in [6.45, 7) is 6.67. The number of ether oxygens (including phenoxy) is 2. The number of morpholine rings is 1. The fraction of sp³-hybridized carbons (Fsp3) is 0.500. The lowest BCUT2D eigenvalue weighted by atomic mass is 10.1. The summed E-state index contributed by atoms with van der Waals surface area (Å²) < 4.78 is 13.1. The fourth-order valence-corrected chi connectivity index (χ4v) is 3.35. The molecule has 0 bridgehead atoms. The van der Waals surface area contributed by atoms with Crippen molar-refractivity contribution in [2.45, 2.75) is 39.3 Å². The molecule has 2 aromatic rings. The van der Waals surface area contributed by atoms with Gasteiger partial charge in [-0.15, -0.1) is 0 Å². The topological polar surface area (TPSA) is 56.6 Å². The van der Waals surface area contributed by atoms with Crippen molar-refractivity contribution in [3.05, 3.63) is 47.3 Å². The maximum atomic E-state index is 12.9. The predicted octanol–water partition coefficient (Wildman–Crippen LogP) is 2.69.